The van der Waals surface area contributed by atoms with Crippen LogP contribution in [0.3, 0.4) is 0 Å². The molecular formula is C14H19NO2. The molecule has 92 valence electrons. The molecule has 3 nitrogen and oxygen atoms in total. The van der Waals surface area contributed by atoms with E-state index in [4.69, 9.17) is 4.74 Å². The Labute approximate surface area is 102 Å². The van der Waals surface area contributed by atoms with Crippen molar-refractivity contribution in [2.24, 2.45) is 0 Å². The van der Waals surface area contributed by atoms with Gasteiger partial charge in [0.25, 0.3) is 0 Å². The molecule has 0 aliphatic carbocycles. The fourth-order valence-corrected chi connectivity index (χ4v) is 2.35. The molecule has 0 spiro atoms. The molecule has 1 aromatic rings. The van der Waals surface area contributed by atoms with Crippen LogP contribution in [0.5, 0.6) is 5.75 Å². The van der Waals surface area contributed by atoms with Crippen LogP contribution in [0.1, 0.15) is 35.2 Å². The van der Waals surface area contributed by atoms with Gasteiger partial charge in [-0.25, -0.2) is 0 Å². The van der Waals surface area contributed by atoms with Crippen molar-refractivity contribution in [1.82, 2.24) is 4.90 Å². The summed E-state index contributed by atoms with van der Waals surface area (Å²) in [5.41, 5.74) is 1.83. The first kappa shape index (κ1) is 12.1. The summed E-state index contributed by atoms with van der Waals surface area (Å²) in [5, 5.41) is 0. The molecule has 1 aliphatic heterocycles. The average molecular weight is 233 g/mol. The first-order valence-corrected chi connectivity index (χ1v) is 6.18. The van der Waals surface area contributed by atoms with E-state index < -0.39 is 0 Å². The fraction of sp³-hybridized carbons (Fsp3) is 0.500. The Kier molecular flexibility index (Phi) is 4.15. The number of methoxy groups -OCH3 is 1. The van der Waals surface area contributed by atoms with Crippen molar-refractivity contribution in [3.05, 3.63) is 29.3 Å². The normalized spacial score (nSPS) is 16.8. The second-order valence-corrected chi connectivity index (χ2v) is 4.53. The largest absolute Gasteiger partial charge is 0.496 e. The molecule has 17 heavy (non-hydrogen) atoms. The van der Waals surface area contributed by atoms with Gasteiger partial charge in [0, 0.05) is 17.7 Å². The van der Waals surface area contributed by atoms with Gasteiger partial charge < -0.3 is 4.74 Å². The van der Waals surface area contributed by atoms with Crippen molar-refractivity contribution in [2.75, 3.05) is 20.2 Å². The summed E-state index contributed by atoms with van der Waals surface area (Å²) in [5.74, 6) is 0.876. The molecule has 1 aliphatic rings. The van der Waals surface area contributed by atoms with Crippen molar-refractivity contribution < 1.29 is 9.53 Å². The summed E-state index contributed by atoms with van der Waals surface area (Å²) in [6, 6.07) is 5.61. The molecule has 0 bridgehead atoms. The van der Waals surface area contributed by atoms with Crippen LogP contribution in [0.2, 0.25) is 0 Å². The van der Waals surface area contributed by atoms with Crippen LogP contribution >= 0.6 is 0 Å². The molecule has 0 N–H and O–H groups in total. The van der Waals surface area contributed by atoms with Crippen molar-refractivity contribution in [3.8, 4) is 5.75 Å². The maximum Gasteiger partial charge on any atom is 0.150 e. The van der Waals surface area contributed by atoms with Crippen LogP contribution in [0, 0.1) is 0 Å². The summed E-state index contributed by atoms with van der Waals surface area (Å²) < 4.78 is 5.34. The van der Waals surface area contributed by atoms with Gasteiger partial charge in [-0.15, -0.1) is 0 Å². The van der Waals surface area contributed by atoms with Crippen molar-refractivity contribution >= 4 is 6.29 Å². The lowest BCUT2D eigenvalue weighted by Crippen LogP contribution is -2.29. The first-order valence-electron chi connectivity index (χ1n) is 6.18. The maximum atomic E-state index is 10.8. The Balaban J connectivity index is 2.13. The maximum absolute atomic E-state index is 10.8. The molecule has 1 saturated heterocycles. The highest BCUT2D eigenvalue weighted by atomic mass is 16.5. The van der Waals surface area contributed by atoms with Crippen LogP contribution < -0.4 is 4.74 Å². The second kappa shape index (κ2) is 5.82. The molecule has 0 radical (unpaired) electrons. The zero-order valence-corrected chi connectivity index (χ0v) is 10.3. The van der Waals surface area contributed by atoms with Crippen molar-refractivity contribution in [1.29, 1.82) is 0 Å². The number of aldehydes is 1. The number of hydrogen-bond donors (Lipinski definition) is 0. The summed E-state index contributed by atoms with van der Waals surface area (Å²) >= 11 is 0. The minimum Gasteiger partial charge on any atom is -0.496 e. The molecule has 0 amide bonds. The van der Waals surface area contributed by atoms with E-state index in [0.717, 1.165) is 42.8 Å². The minimum absolute atomic E-state index is 0.720. The second-order valence-electron chi connectivity index (χ2n) is 4.53. The summed E-state index contributed by atoms with van der Waals surface area (Å²) in [6.45, 7) is 3.17. The zero-order chi connectivity index (χ0) is 12.1. The number of rotatable bonds is 4. The number of nitrogens with zero attached hydrogens (tertiary/aromatic N) is 1. The third-order valence-electron chi connectivity index (χ3n) is 3.28. The van der Waals surface area contributed by atoms with Gasteiger partial charge in [-0.2, -0.15) is 0 Å². The lowest BCUT2D eigenvalue weighted by molar-refractivity contribution is 0.112. The number of carbonyl (C=O) groups excluding carboxylic acids is 1. The third-order valence-corrected chi connectivity index (χ3v) is 3.28. The van der Waals surface area contributed by atoms with E-state index in [9.17, 15) is 4.79 Å². The number of ether oxygens (including phenoxy) is 1. The molecule has 0 atom stereocenters. The molecule has 1 heterocycles. The van der Waals surface area contributed by atoms with Crippen LogP contribution in [-0.2, 0) is 6.54 Å². The Morgan fingerprint density at radius 3 is 2.71 bits per heavy atom. The Morgan fingerprint density at radius 2 is 2.06 bits per heavy atom. The van der Waals surface area contributed by atoms with E-state index in [1.165, 1.54) is 19.3 Å². The van der Waals surface area contributed by atoms with E-state index in [2.05, 4.69) is 4.90 Å². The summed E-state index contributed by atoms with van der Waals surface area (Å²) in [4.78, 5) is 13.2. The predicted octanol–water partition coefficient (Wildman–Crippen LogP) is 2.49. The quantitative estimate of drug-likeness (QED) is 0.748. The number of benzene rings is 1. The van der Waals surface area contributed by atoms with E-state index >= 15 is 0 Å². The van der Waals surface area contributed by atoms with Crippen LogP contribution in [0.25, 0.3) is 0 Å². The smallest absolute Gasteiger partial charge is 0.150 e. The minimum atomic E-state index is 0.720. The van der Waals surface area contributed by atoms with Crippen LogP contribution in [-0.4, -0.2) is 31.4 Å². The van der Waals surface area contributed by atoms with Crippen molar-refractivity contribution in [3.63, 3.8) is 0 Å². The van der Waals surface area contributed by atoms with E-state index in [1.54, 1.807) is 13.2 Å². The average Bonchev–Trinajstić information content (AvgIpc) is 2.40. The number of piperidine rings is 1. The summed E-state index contributed by atoms with van der Waals surface area (Å²) in [7, 11) is 1.68. The van der Waals surface area contributed by atoms with Crippen LogP contribution in [0.15, 0.2) is 18.2 Å². The third kappa shape index (κ3) is 3.07. The van der Waals surface area contributed by atoms with Gasteiger partial charge >= 0.3 is 0 Å². The molecule has 2 rings (SSSR count). The van der Waals surface area contributed by atoms with Gasteiger partial charge in [0.2, 0.25) is 0 Å². The fourth-order valence-electron chi connectivity index (χ4n) is 2.35. The number of hydrogen-bond acceptors (Lipinski definition) is 3. The number of likely N-dealkylation sites (tertiary alicyclic amines) is 1. The van der Waals surface area contributed by atoms with Crippen LogP contribution in [0.4, 0.5) is 0 Å². The highest BCUT2D eigenvalue weighted by Crippen LogP contribution is 2.22. The molecule has 3 heteroatoms. The molecule has 0 saturated carbocycles. The molecule has 1 fully saturated rings. The topological polar surface area (TPSA) is 29.5 Å². The summed E-state index contributed by atoms with van der Waals surface area (Å²) in [6.07, 6.45) is 4.77. The lowest BCUT2D eigenvalue weighted by Gasteiger charge is -2.27. The lowest BCUT2D eigenvalue weighted by atomic mass is 10.1. The zero-order valence-electron chi connectivity index (χ0n) is 10.3. The first-order chi connectivity index (χ1) is 8.33. The Hall–Kier alpha value is -1.35. The monoisotopic (exact) mass is 233 g/mol. The van der Waals surface area contributed by atoms with Gasteiger partial charge in [-0.3, -0.25) is 9.69 Å². The van der Waals surface area contributed by atoms with E-state index in [1.807, 2.05) is 12.1 Å². The van der Waals surface area contributed by atoms with Gasteiger partial charge in [0.1, 0.15) is 12.0 Å². The molecule has 0 unspecified atom stereocenters. The Bertz CT molecular complexity index is 384. The predicted molar refractivity (Wildman–Crippen MR) is 67.5 cm³/mol. The van der Waals surface area contributed by atoms with Gasteiger partial charge in [0.15, 0.2) is 0 Å². The molecular weight excluding hydrogens is 214 g/mol. The van der Waals surface area contributed by atoms with Gasteiger partial charge in [-0.05, 0) is 44.1 Å². The number of carbonyl (C=O) groups is 1. The van der Waals surface area contributed by atoms with Gasteiger partial charge in [0.05, 0.1) is 7.11 Å². The highest BCUT2D eigenvalue weighted by molar-refractivity contribution is 5.75. The van der Waals surface area contributed by atoms with Gasteiger partial charge in [-0.1, -0.05) is 6.42 Å². The molecule has 0 aromatic heterocycles. The molecule has 1 aromatic carbocycles. The Morgan fingerprint density at radius 1 is 1.29 bits per heavy atom. The highest BCUT2D eigenvalue weighted by Gasteiger charge is 2.13. The standard InChI is InChI=1S/C14H19NO2/c1-17-14-6-5-12(11-16)9-13(14)10-15-7-3-2-4-8-15/h5-6,9,11H,2-4,7-8,10H2,1H3. The SMILES string of the molecule is COc1ccc(C=O)cc1CN1CCCCC1. The van der Waals surface area contributed by atoms with E-state index in [-0.39, 0.29) is 0 Å². The van der Waals surface area contributed by atoms with Crippen molar-refractivity contribution in [2.45, 2.75) is 25.8 Å². The van der Waals surface area contributed by atoms with E-state index in [0.29, 0.717) is 0 Å².